The Morgan fingerprint density at radius 1 is 0.318 bits per heavy atom. The summed E-state index contributed by atoms with van der Waals surface area (Å²) in [6.45, 7) is 0. The van der Waals surface area contributed by atoms with Crippen LogP contribution in [0.25, 0.3) is 176 Å². The predicted octanol–water partition coefficient (Wildman–Crippen LogP) is 21.4. The van der Waals surface area contributed by atoms with Crippen molar-refractivity contribution in [2.75, 3.05) is 0 Å². The number of aromatic nitrogens is 4. The molecule has 0 saturated heterocycles. The number of hydrogen-bond acceptors (Lipinski definition) is 4. The van der Waals surface area contributed by atoms with Crippen LogP contribution in [-0.2, 0) is 7.05 Å². The molecule has 0 N–H and O–H groups in total. The summed E-state index contributed by atoms with van der Waals surface area (Å²) in [7, 11) is 2.14. The van der Waals surface area contributed by atoms with E-state index in [9.17, 15) is 0 Å². The van der Waals surface area contributed by atoms with Gasteiger partial charge in [-0.15, -0.1) is 0 Å². The van der Waals surface area contributed by atoms with E-state index in [1.807, 2.05) is 12.3 Å². The zero-order valence-corrected chi connectivity index (χ0v) is 46.3. The zero-order valence-electron chi connectivity index (χ0n) is 46.3. The highest BCUT2D eigenvalue weighted by Gasteiger charge is 2.20. The molecule has 14 aromatic carbocycles. The van der Waals surface area contributed by atoms with E-state index in [1.54, 1.807) is 0 Å². The first-order chi connectivity index (χ1) is 42.0. The Kier molecular flexibility index (Phi) is 11.1. The van der Waals surface area contributed by atoms with Gasteiger partial charge in [-0.1, -0.05) is 188 Å². The summed E-state index contributed by atoms with van der Waals surface area (Å²) in [6.07, 6.45) is 3.44. The Morgan fingerprint density at radius 2 is 0.906 bits per heavy atom. The largest absolute Gasteiger partial charge is 0.443 e. The lowest BCUT2D eigenvalue weighted by Crippen LogP contribution is -1.93. The molecule has 5 nitrogen and oxygen atoms in total. The van der Waals surface area contributed by atoms with Crippen molar-refractivity contribution in [3.05, 3.63) is 286 Å². The molecule has 17 aromatic rings. The van der Waals surface area contributed by atoms with Crippen molar-refractivity contribution in [2.24, 2.45) is 7.05 Å². The molecule has 0 spiro atoms. The van der Waals surface area contributed by atoms with E-state index >= 15 is 0 Å². The Hall–Kier alpha value is -11.3. The van der Waals surface area contributed by atoms with Gasteiger partial charge in [-0.25, -0.2) is 9.97 Å². The molecule has 0 unspecified atom stereocenters. The SMILES string of the molecule is Cn1c(-c2cccc(-c3cc(-c4cc5ccccc5c5ccc(-c6cc(-c7ccccc7)ccn6)cc45)c4c(ccc5ccccc54)c3)c2)nc2c(-c3cc(-c4ccc5c(ccc6ccccc65)c4)cc(-c4ccc5ncoc5c4)c3)cccc21. The molecule has 0 fully saturated rings. The van der Waals surface area contributed by atoms with Gasteiger partial charge >= 0.3 is 0 Å². The van der Waals surface area contributed by atoms with Gasteiger partial charge in [0.1, 0.15) is 11.3 Å². The summed E-state index contributed by atoms with van der Waals surface area (Å²) >= 11 is 0. The first-order valence-corrected chi connectivity index (χ1v) is 28.9. The van der Waals surface area contributed by atoms with Crippen LogP contribution < -0.4 is 0 Å². The average molecular weight is 1080 g/mol. The molecule has 17 rings (SSSR count). The molecule has 5 heteroatoms. The summed E-state index contributed by atoms with van der Waals surface area (Å²) in [5.74, 6) is 0.892. The molecule has 0 radical (unpaired) electrons. The number of rotatable bonds is 8. The third kappa shape index (κ3) is 8.19. The van der Waals surface area contributed by atoms with Crippen molar-refractivity contribution >= 4 is 86.8 Å². The van der Waals surface area contributed by atoms with Crippen molar-refractivity contribution in [1.29, 1.82) is 0 Å². The van der Waals surface area contributed by atoms with Gasteiger partial charge < -0.3 is 8.98 Å². The van der Waals surface area contributed by atoms with Crippen molar-refractivity contribution < 1.29 is 4.42 Å². The van der Waals surface area contributed by atoms with Crippen molar-refractivity contribution in [2.45, 2.75) is 0 Å². The van der Waals surface area contributed by atoms with Gasteiger partial charge in [0.2, 0.25) is 0 Å². The van der Waals surface area contributed by atoms with Gasteiger partial charge in [0.25, 0.3) is 0 Å². The maximum Gasteiger partial charge on any atom is 0.181 e. The third-order valence-corrected chi connectivity index (χ3v) is 17.5. The fourth-order valence-electron chi connectivity index (χ4n) is 13.3. The highest BCUT2D eigenvalue weighted by Crippen LogP contribution is 2.45. The van der Waals surface area contributed by atoms with Crippen LogP contribution in [0.1, 0.15) is 0 Å². The standard InChI is InChI=1S/C80H50N4O/c1-84-76-24-12-23-69(64-41-61(40-62(42-64)54-31-34-74-77(47-54)85-48-82-74)53-29-32-67-57(37-53)27-25-50-15-5-8-20-65(50)67)79(76)83-80(84)60-19-11-18-52(38-60)63-39-59-28-26-51-16-6-10-22-68(51)78(59)73(45-63)72-43-56-17-7-9-21-66(56)70-33-30-58(44-71(70)72)75-46-55(35-36-81-75)49-13-3-2-4-14-49/h2-48H,1H3. The second-order valence-electron chi connectivity index (χ2n) is 22.4. The molecule has 85 heavy (non-hydrogen) atoms. The van der Waals surface area contributed by atoms with Crippen LogP contribution >= 0.6 is 0 Å². The molecular formula is C80H50N4O. The third-order valence-electron chi connectivity index (χ3n) is 17.5. The zero-order chi connectivity index (χ0) is 56.1. The minimum Gasteiger partial charge on any atom is -0.443 e. The molecule has 0 aliphatic rings. The summed E-state index contributed by atoms with van der Waals surface area (Å²) in [5.41, 5.74) is 20.0. The predicted molar refractivity (Wildman–Crippen MR) is 355 cm³/mol. The lowest BCUT2D eigenvalue weighted by atomic mass is 9.86. The molecule has 0 aliphatic heterocycles. The first-order valence-electron chi connectivity index (χ1n) is 28.9. The summed E-state index contributed by atoms with van der Waals surface area (Å²) in [6, 6.07) is 99.7. The van der Waals surface area contributed by atoms with E-state index in [1.165, 1.54) is 87.7 Å². The van der Waals surface area contributed by atoms with Crippen LogP contribution in [0.15, 0.2) is 290 Å². The van der Waals surface area contributed by atoms with Crippen LogP contribution in [0.2, 0.25) is 0 Å². The van der Waals surface area contributed by atoms with Crippen molar-refractivity contribution in [3.8, 4) is 89.4 Å². The van der Waals surface area contributed by atoms with Gasteiger partial charge in [0.05, 0.1) is 16.7 Å². The van der Waals surface area contributed by atoms with Gasteiger partial charge in [-0.2, -0.15) is 0 Å². The number of para-hydroxylation sites is 1. The van der Waals surface area contributed by atoms with Gasteiger partial charge in [0, 0.05) is 29.9 Å². The Morgan fingerprint density at radius 3 is 1.76 bits per heavy atom. The smallest absolute Gasteiger partial charge is 0.181 e. The van der Waals surface area contributed by atoms with Crippen molar-refractivity contribution in [1.82, 2.24) is 19.5 Å². The minimum atomic E-state index is 0.754. The average Bonchev–Trinajstić information content (AvgIpc) is 3.35. The molecule has 396 valence electrons. The highest BCUT2D eigenvalue weighted by atomic mass is 16.3. The molecular weight excluding hydrogens is 1030 g/mol. The van der Waals surface area contributed by atoms with Crippen LogP contribution in [-0.4, -0.2) is 19.5 Å². The van der Waals surface area contributed by atoms with Crippen LogP contribution in [0.5, 0.6) is 0 Å². The number of benzene rings is 14. The summed E-state index contributed by atoms with van der Waals surface area (Å²) in [5, 5.41) is 14.6. The first kappa shape index (κ1) is 48.4. The molecule has 0 amide bonds. The van der Waals surface area contributed by atoms with Crippen LogP contribution in [0.3, 0.4) is 0 Å². The molecule has 0 aliphatic carbocycles. The van der Waals surface area contributed by atoms with Crippen LogP contribution in [0, 0.1) is 0 Å². The summed E-state index contributed by atoms with van der Waals surface area (Å²) < 4.78 is 8.09. The minimum absolute atomic E-state index is 0.754. The fourth-order valence-corrected chi connectivity index (χ4v) is 13.3. The van der Waals surface area contributed by atoms with Crippen molar-refractivity contribution in [3.63, 3.8) is 0 Å². The fraction of sp³-hybridized carbons (Fsp3) is 0.0125. The van der Waals surface area contributed by atoms with Gasteiger partial charge in [0.15, 0.2) is 12.0 Å². The van der Waals surface area contributed by atoms with E-state index in [2.05, 4.69) is 284 Å². The molecule has 3 aromatic heterocycles. The second kappa shape index (κ2) is 19.4. The van der Waals surface area contributed by atoms with Gasteiger partial charge in [-0.05, 0) is 211 Å². The van der Waals surface area contributed by atoms with E-state index in [-0.39, 0.29) is 0 Å². The van der Waals surface area contributed by atoms with E-state index in [0.717, 1.165) is 94.8 Å². The number of imidazole rings is 1. The highest BCUT2D eigenvalue weighted by molar-refractivity contribution is 6.22. The lowest BCUT2D eigenvalue weighted by Gasteiger charge is -2.18. The quantitative estimate of drug-likeness (QED) is 0.142. The van der Waals surface area contributed by atoms with Gasteiger partial charge in [-0.3, -0.25) is 4.98 Å². The number of fused-ring (bicyclic) bond motifs is 11. The Labute approximate surface area is 490 Å². The monoisotopic (exact) mass is 1080 g/mol. The van der Waals surface area contributed by atoms with E-state index < -0.39 is 0 Å². The number of nitrogens with zero attached hydrogens (tertiary/aromatic N) is 4. The number of aryl methyl sites for hydroxylation is 1. The van der Waals surface area contributed by atoms with E-state index in [0.29, 0.717) is 0 Å². The molecule has 3 heterocycles. The number of oxazole rings is 1. The maximum absolute atomic E-state index is 5.84. The molecule has 0 atom stereocenters. The van der Waals surface area contributed by atoms with E-state index in [4.69, 9.17) is 14.4 Å². The summed E-state index contributed by atoms with van der Waals surface area (Å²) in [4.78, 5) is 15.0. The Bertz CT molecular complexity index is 5580. The number of hydrogen-bond donors (Lipinski definition) is 0. The second-order valence-corrected chi connectivity index (χ2v) is 22.4. The Balaban J connectivity index is 0.815. The topological polar surface area (TPSA) is 56.7 Å². The number of pyridine rings is 1. The molecule has 0 saturated carbocycles. The maximum atomic E-state index is 5.84. The normalized spacial score (nSPS) is 11.8. The molecule has 0 bridgehead atoms. The lowest BCUT2D eigenvalue weighted by molar-refractivity contribution is 0.602. The van der Waals surface area contributed by atoms with Crippen LogP contribution in [0.4, 0.5) is 0 Å².